The van der Waals surface area contributed by atoms with Gasteiger partial charge in [0.2, 0.25) is 0 Å². The van der Waals surface area contributed by atoms with E-state index in [1.807, 2.05) is 0 Å². The Bertz CT molecular complexity index is 359. The molecule has 6 heteroatoms. The minimum atomic E-state index is -4.45. The second-order valence-corrected chi connectivity index (χ2v) is 3.07. The van der Waals surface area contributed by atoms with Crippen LogP contribution in [0.4, 0.5) is 18.9 Å². The van der Waals surface area contributed by atoms with Crippen LogP contribution in [0.15, 0.2) is 24.3 Å². The number of carbonyl (C=O) groups is 1. The lowest BCUT2D eigenvalue weighted by Crippen LogP contribution is -2.20. The minimum absolute atomic E-state index is 0.0444. The molecule has 0 heterocycles. The maximum atomic E-state index is 11.9. The summed E-state index contributed by atoms with van der Waals surface area (Å²) in [5.41, 5.74) is 0.528. The van der Waals surface area contributed by atoms with Gasteiger partial charge in [-0.1, -0.05) is 12.1 Å². The summed E-state index contributed by atoms with van der Waals surface area (Å²) in [5, 5.41) is 1.36. The molecule has 0 spiro atoms. The quantitative estimate of drug-likeness (QED) is 0.643. The van der Waals surface area contributed by atoms with Crippen LogP contribution in [0.2, 0.25) is 0 Å². The fourth-order valence-corrected chi connectivity index (χ4v) is 1.11. The molecular formula is C10H10F3NO2. The van der Waals surface area contributed by atoms with Crippen LogP contribution in [-0.2, 0) is 16.0 Å². The van der Waals surface area contributed by atoms with Gasteiger partial charge in [0.15, 0.2) is 0 Å². The van der Waals surface area contributed by atoms with Gasteiger partial charge in [-0.15, -0.1) is 0 Å². The van der Waals surface area contributed by atoms with Gasteiger partial charge in [0, 0.05) is 5.69 Å². The number of alkyl halides is 3. The van der Waals surface area contributed by atoms with E-state index in [9.17, 15) is 18.0 Å². The van der Waals surface area contributed by atoms with E-state index >= 15 is 0 Å². The summed E-state index contributed by atoms with van der Waals surface area (Å²) in [5.74, 6) is -0.434. The van der Waals surface area contributed by atoms with Crippen LogP contribution < -0.4 is 5.32 Å². The molecule has 1 rings (SSSR count). The average molecular weight is 233 g/mol. The van der Waals surface area contributed by atoms with Crippen molar-refractivity contribution in [2.45, 2.75) is 12.7 Å². The number of esters is 1. The Hall–Kier alpha value is -1.72. The number of hydrogen-bond donors (Lipinski definition) is 1. The molecule has 0 aliphatic carbocycles. The maximum absolute atomic E-state index is 11.9. The molecule has 0 atom stereocenters. The third-order valence-electron chi connectivity index (χ3n) is 1.82. The Morgan fingerprint density at radius 2 is 1.88 bits per heavy atom. The van der Waals surface area contributed by atoms with Gasteiger partial charge in [-0.25, -0.2) is 0 Å². The molecule has 16 heavy (non-hydrogen) atoms. The number of anilines is 1. The molecule has 0 aliphatic rings. The molecule has 0 bridgehead atoms. The first-order valence-electron chi connectivity index (χ1n) is 4.41. The Labute approximate surface area is 90.2 Å². The number of benzene rings is 1. The zero-order valence-electron chi connectivity index (χ0n) is 8.47. The summed E-state index contributed by atoms with van der Waals surface area (Å²) >= 11 is 0. The third-order valence-corrected chi connectivity index (χ3v) is 1.82. The van der Waals surface area contributed by atoms with Crippen LogP contribution in [0.25, 0.3) is 0 Å². The molecule has 0 radical (unpaired) electrons. The van der Waals surface area contributed by atoms with Crippen LogP contribution in [0.5, 0.6) is 0 Å². The first kappa shape index (κ1) is 12.4. The van der Waals surface area contributed by atoms with E-state index in [2.05, 4.69) is 4.74 Å². The van der Waals surface area contributed by atoms with Gasteiger partial charge in [0.1, 0.15) is 0 Å². The summed E-state index contributed by atoms with van der Waals surface area (Å²) in [6.07, 6.45) is -4.41. The summed E-state index contributed by atoms with van der Waals surface area (Å²) in [7, 11) is 1.25. The molecule has 88 valence electrons. The second-order valence-electron chi connectivity index (χ2n) is 3.07. The van der Waals surface area contributed by atoms with E-state index < -0.39 is 12.3 Å². The zero-order chi connectivity index (χ0) is 12.2. The van der Waals surface area contributed by atoms with Gasteiger partial charge in [-0.2, -0.15) is 13.2 Å². The number of carbonyl (C=O) groups excluding carboxylic acids is 1. The highest BCUT2D eigenvalue weighted by Crippen LogP contribution is 2.20. The number of halogens is 3. The predicted molar refractivity (Wildman–Crippen MR) is 51.8 cm³/mol. The molecule has 0 amide bonds. The Balaban J connectivity index is 2.64. The standard InChI is InChI=1S/C10H10F3NO2/c1-16-9(15)6-7-2-4-8(5-3-7)14-10(11,12)13/h2-5,14H,6H2,1H3. The molecule has 0 aromatic heterocycles. The Morgan fingerprint density at radius 3 is 2.31 bits per heavy atom. The van der Waals surface area contributed by atoms with E-state index in [1.54, 1.807) is 0 Å². The predicted octanol–water partition coefficient (Wildman–Crippen LogP) is 2.33. The monoisotopic (exact) mass is 233 g/mol. The highest BCUT2D eigenvalue weighted by atomic mass is 19.4. The first-order chi connectivity index (χ1) is 7.40. The Morgan fingerprint density at radius 1 is 1.31 bits per heavy atom. The van der Waals surface area contributed by atoms with Crippen LogP contribution >= 0.6 is 0 Å². The summed E-state index contributed by atoms with van der Waals surface area (Å²) in [6, 6.07) is 5.38. The number of nitrogens with one attached hydrogen (secondary N) is 1. The maximum Gasteiger partial charge on any atom is 0.482 e. The fourth-order valence-electron chi connectivity index (χ4n) is 1.11. The SMILES string of the molecule is COC(=O)Cc1ccc(NC(F)(F)F)cc1. The van der Waals surface area contributed by atoms with Gasteiger partial charge in [-0.05, 0) is 17.7 Å². The molecule has 1 aromatic rings. The third kappa shape index (κ3) is 4.20. The van der Waals surface area contributed by atoms with Crippen LogP contribution in [0.1, 0.15) is 5.56 Å². The topological polar surface area (TPSA) is 38.3 Å². The van der Waals surface area contributed by atoms with Crippen LogP contribution in [0.3, 0.4) is 0 Å². The zero-order valence-corrected chi connectivity index (χ0v) is 8.47. The lowest BCUT2D eigenvalue weighted by molar-refractivity contribution is -0.139. The van der Waals surface area contributed by atoms with Crippen molar-refractivity contribution in [1.82, 2.24) is 0 Å². The lowest BCUT2D eigenvalue weighted by atomic mass is 10.1. The molecule has 0 aliphatic heterocycles. The van der Waals surface area contributed by atoms with Crippen molar-refractivity contribution in [3.63, 3.8) is 0 Å². The molecule has 1 aromatic carbocycles. The molecule has 0 saturated heterocycles. The highest BCUT2D eigenvalue weighted by molar-refractivity contribution is 5.72. The van der Waals surface area contributed by atoms with Crippen LogP contribution in [0, 0.1) is 0 Å². The van der Waals surface area contributed by atoms with E-state index in [4.69, 9.17) is 0 Å². The molecule has 0 saturated carbocycles. The van der Waals surface area contributed by atoms with Crippen molar-refractivity contribution in [1.29, 1.82) is 0 Å². The number of ether oxygens (including phenoxy) is 1. The molecule has 0 fully saturated rings. The summed E-state index contributed by atoms with van der Waals surface area (Å²) in [6.45, 7) is 0. The van der Waals surface area contributed by atoms with E-state index in [0.717, 1.165) is 0 Å². The van der Waals surface area contributed by atoms with E-state index in [1.165, 1.54) is 36.7 Å². The van der Waals surface area contributed by atoms with Gasteiger partial charge in [0.05, 0.1) is 13.5 Å². The fraction of sp³-hybridized carbons (Fsp3) is 0.300. The van der Waals surface area contributed by atoms with Crippen molar-refractivity contribution in [3.05, 3.63) is 29.8 Å². The van der Waals surface area contributed by atoms with Gasteiger partial charge in [0.25, 0.3) is 0 Å². The van der Waals surface area contributed by atoms with Crippen LogP contribution in [-0.4, -0.2) is 19.4 Å². The summed E-state index contributed by atoms with van der Waals surface area (Å²) < 4.78 is 40.2. The molecule has 3 nitrogen and oxygen atoms in total. The minimum Gasteiger partial charge on any atom is -0.469 e. The van der Waals surface area contributed by atoms with E-state index in [0.29, 0.717) is 5.56 Å². The first-order valence-corrected chi connectivity index (χ1v) is 4.41. The lowest BCUT2D eigenvalue weighted by Gasteiger charge is -2.10. The number of rotatable bonds is 3. The van der Waals surface area contributed by atoms with Gasteiger partial charge >= 0.3 is 12.3 Å². The van der Waals surface area contributed by atoms with Crippen molar-refractivity contribution >= 4 is 11.7 Å². The Kier molecular flexibility index (Phi) is 3.76. The van der Waals surface area contributed by atoms with Crippen molar-refractivity contribution in [2.24, 2.45) is 0 Å². The second kappa shape index (κ2) is 4.87. The number of hydrogen-bond acceptors (Lipinski definition) is 3. The number of methoxy groups -OCH3 is 1. The van der Waals surface area contributed by atoms with E-state index in [-0.39, 0.29) is 12.1 Å². The van der Waals surface area contributed by atoms with Gasteiger partial charge < -0.3 is 4.74 Å². The van der Waals surface area contributed by atoms with Crippen molar-refractivity contribution in [2.75, 3.05) is 12.4 Å². The van der Waals surface area contributed by atoms with Crippen molar-refractivity contribution < 1.29 is 22.7 Å². The molecule has 1 N–H and O–H groups in total. The van der Waals surface area contributed by atoms with Crippen molar-refractivity contribution in [3.8, 4) is 0 Å². The van der Waals surface area contributed by atoms with Gasteiger partial charge in [-0.3, -0.25) is 10.1 Å². The summed E-state index contributed by atoms with van der Waals surface area (Å²) in [4.78, 5) is 10.9. The average Bonchev–Trinajstić information content (AvgIpc) is 2.18. The molecule has 0 unspecified atom stereocenters. The molecular weight excluding hydrogens is 223 g/mol. The normalized spacial score (nSPS) is 11.0. The largest absolute Gasteiger partial charge is 0.482 e. The highest BCUT2D eigenvalue weighted by Gasteiger charge is 2.26. The smallest absolute Gasteiger partial charge is 0.469 e.